The standard InChI is InChI=1S/C8H9F2NO3S/c9-8(10)5-11-15(13,14)7-3-1-2-6(12)4-7/h1-4,8,11-12H,5H2. The highest BCUT2D eigenvalue weighted by Gasteiger charge is 2.16. The van der Waals surface area contributed by atoms with Crippen molar-refractivity contribution < 1.29 is 22.3 Å². The van der Waals surface area contributed by atoms with Crippen molar-refractivity contribution in [2.24, 2.45) is 0 Å². The quantitative estimate of drug-likeness (QED) is 0.818. The first-order valence-electron chi connectivity index (χ1n) is 3.98. The normalized spacial score (nSPS) is 11.9. The largest absolute Gasteiger partial charge is 0.508 e. The summed E-state index contributed by atoms with van der Waals surface area (Å²) >= 11 is 0. The summed E-state index contributed by atoms with van der Waals surface area (Å²) in [5.41, 5.74) is 0. The van der Waals surface area contributed by atoms with Gasteiger partial charge in [0, 0.05) is 0 Å². The summed E-state index contributed by atoms with van der Waals surface area (Å²) in [4.78, 5) is -0.247. The maximum absolute atomic E-state index is 11.8. The lowest BCUT2D eigenvalue weighted by Gasteiger charge is -2.05. The lowest BCUT2D eigenvalue weighted by molar-refractivity contribution is 0.153. The molecule has 0 bridgehead atoms. The van der Waals surface area contributed by atoms with E-state index in [2.05, 4.69) is 0 Å². The Labute approximate surface area is 85.6 Å². The number of phenols is 1. The molecule has 0 aliphatic rings. The van der Waals surface area contributed by atoms with Gasteiger partial charge in [-0.3, -0.25) is 0 Å². The highest BCUT2D eigenvalue weighted by molar-refractivity contribution is 7.89. The molecule has 0 heterocycles. The van der Waals surface area contributed by atoms with Crippen LogP contribution in [0.4, 0.5) is 8.78 Å². The molecule has 0 unspecified atom stereocenters. The van der Waals surface area contributed by atoms with E-state index in [4.69, 9.17) is 5.11 Å². The van der Waals surface area contributed by atoms with Crippen LogP contribution in [0.2, 0.25) is 0 Å². The van der Waals surface area contributed by atoms with Gasteiger partial charge < -0.3 is 5.11 Å². The molecule has 0 radical (unpaired) electrons. The molecule has 0 saturated carbocycles. The average Bonchev–Trinajstić information content (AvgIpc) is 2.15. The molecule has 0 fully saturated rings. The zero-order valence-electron chi connectivity index (χ0n) is 7.52. The number of alkyl halides is 2. The molecule has 0 amide bonds. The van der Waals surface area contributed by atoms with E-state index >= 15 is 0 Å². The zero-order chi connectivity index (χ0) is 11.5. The fraction of sp³-hybridized carbons (Fsp3) is 0.250. The summed E-state index contributed by atoms with van der Waals surface area (Å²) in [6.07, 6.45) is -2.75. The Hall–Kier alpha value is -1.21. The average molecular weight is 237 g/mol. The molecule has 1 rings (SSSR count). The molecule has 1 aromatic carbocycles. The second-order valence-corrected chi connectivity index (χ2v) is 4.51. The summed E-state index contributed by atoms with van der Waals surface area (Å²) in [5, 5.41) is 9.01. The van der Waals surface area contributed by atoms with Gasteiger partial charge in [0.25, 0.3) is 6.43 Å². The molecule has 0 atom stereocenters. The molecule has 0 saturated heterocycles. The number of phenolic OH excluding ortho intramolecular Hbond substituents is 1. The van der Waals surface area contributed by atoms with Crippen molar-refractivity contribution in [3.05, 3.63) is 24.3 Å². The molecular weight excluding hydrogens is 228 g/mol. The van der Waals surface area contributed by atoms with Crippen LogP contribution in [-0.2, 0) is 10.0 Å². The molecule has 0 spiro atoms. The van der Waals surface area contributed by atoms with Crippen LogP contribution in [0.15, 0.2) is 29.2 Å². The van der Waals surface area contributed by atoms with E-state index in [1.807, 2.05) is 0 Å². The van der Waals surface area contributed by atoms with Gasteiger partial charge in [-0.1, -0.05) is 6.07 Å². The maximum atomic E-state index is 11.8. The number of hydrogen-bond donors (Lipinski definition) is 2. The van der Waals surface area contributed by atoms with E-state index in [1.165, 1.54) is 18.2 Å². The van der Waals surface area contributed by atoms with Crippen LogP contribution in [0.1, 0.15) is 0 Å². The molecule has 0 aliphatic heterocycles. The smallest absolute Gasteiger partial charge is 0.251 e. The Balaban J connectivity index is 2.87. The third kappa shape index (κ3) is 3.45. The van der Waals surface area contributed by atoms with Gasteiger partial charge in [-0.05, 0) is 18.2 Å². The SMILES string of the molecule is O=S(=O)(NCC(F)F)c1cccc(O)c1. The first kappa shape index (κ1) is 11.9. The molecule has 0 aliphatic carbocycles. The highest BCUT2D eigenvalue weighted by atomic mass is 32.2. The molecule has 7 heteroatoms. The second kappa shape index (κ2) is 4.54. The van der Waals surface area contributed by atoms with Crippen molar-refractivity contribution in [1.29, 1.82) is 0 Å². The monoisotopic (exact) mass is 237 g/mol. The summed E-state index contributed by atoms with van der Waals surface area (Å²) in [7, 11) is -3.97. The third-order valence-electron chi connectivity index (χ3n) is 1.56. The van der Waals surface area contributed by atoms with Gasteiger partial charge >= 0.3 is 0 Å². The molecule has 0 aromatic heterocycles. The minimum atomic E-state index is -3.97. The molecular formula is C8H9F2NO3S. The van der Waals surface area contributed by atoms with E-state index in [0.29, 0.717) is 0 Å². The number of nitrogens with one attached hydrogen (secondary N) is 1. The predicted octanol–water partition coefficient (Wildman–Crippen LogP) is 0.936. The minimum absolute atomic E-state index is 0.241. The van der Waals surface area contributed by atoms with Gasteiger partial charge in [0.2, 0.25) is 10.0 Å². The molecule has 4 nitrogen and oxygen atoms in total. The number of aromatic hydroxyl groups is 1. The van der Waals surface area contributed by atoms with Gasteiger partial charge in [-0.15, -0.1) is 0 Å². The van der Waals surface area contributed by atoms with Crippen molar-refractivity contribution in [3.63, 3.8) is 0 Å². The molecule has 1 aromatic rings. The van der Waals surface area contributed by atoms with E-state index in [-0.39, 0.29) is 10.6 Å². The van der Waals surface area contributed by atoms with E-state index in [0.717, 1.165) is 6.07 Å². The van der Waals surface area contributed by atoms with Crippen LogP contribution in [0.25, 0.3) is 0 Å². The number of hydrogen-bond acceptors (Lipinski definition) is 3. The lowest BCUT2D eigenvalue weighted by atomic mass is 10.3. The third-order valence-corrected chi connectivity index (χ3v) is 2.98. The minimum Gasteiger partial charge on any atom is -0.508 e. The van der Waals surface area contributed by atoms with Gasteiger partial charge in [0.15, 0.2) is 0 Å². The highest BCUT2D eigenvalue weighted by Crippen LogP contribution is 2.15. The fourth-order valence-corrected chi connectivity index (χ4v) is 1.95. The van der Waals surface area contributed by atoms with Crippen molar-refractivity contribution in [2.45, 2.75) is 11.3 Å². The summed E-state index contributed by atoms with van der Waals surface area (Å²) in [6.45, 7) is -0.946. The second-order valence-electron chi connectivity index (χ2n) is 2.74. The number of sulfonamides is 1. The van der Waals surface area contributed by atoms with Gasteiger partial charge in [0.1, 0.15) is 5.75 Å². The maximum Gasteiger partial charge on any atom is 0.251 e. The molecule has 15 heavy (non-hydrogen) atoms. The Bertz CT molecular complexity index is 433. The Morgan fingerprint density at radius 2 is 2.07 bits per heavy atom. The van der Waals surface area contributed by atoms with Crippen LogP contribution >= 0.6 is 0 Å². The molecule has 84 valence electrons. The number of benzene rings is 1. The van der Waals surface area contributed by atoms with Crippen LogP contribution in [0.5, 0.6) is 5.75 Å². The van der Waals surface area contributed by atoms with Gasteiger partial charge in [-0.2, -0.15) is 0 Å². The van der Waals surface area contributed by atoms with E-state index in [1.54, 1.807) is 4.72 Å². The van der Waals surface area contributed by atoms with E-state index < -0.39 is 23.0 Å². The first-order valence-corrected chi connectivity index (χ1v) is 5.47. The lowest BCUT2D eigenvalue weighted by Crippen LogP contribution is -2.28. The number of rotatable bonds is 4. The van der Waals surface area contributed by atoms with Gasteiger partial charge in [0.05, 0.1) is 11.4 Å². The Kier molecular flexibility index (Phi) is 3.59. The summed E-state index contributed by atoms with van der Waals surface area (Å²) < 4.78 is 47.9. The Morgan fingerprint density at radius 3 is 2.60 bits per heavy atom. The van der Waals surface area contributed by atoms with E-state index in [9.17, 15) is 17.2 Å². The zero-order valence-corrected chi connectivity index (χ0v) is 8.34. The predicted molar refractivity (Wildman–Crippen MR) is 49.3 cm³/mol. The van der Waals surface area contributed by atoms with Crippen LogP contribution in [-0.4, -0.2) is 26.5 Å². The van der Waals surface area contributed by atoms with Crippen LogP contribution in [0.3, 0.4) is 0 Å². The van der Waals surface area contributed by atoms with Crippen LogP contribution in [0, 0.1) is 0 Å². The van der Waals surface area contributed by atoms with Crippen molar-refractivity contribution in [3.8, 4) is 5.75 Å². The fourth-order valence-electron chi connectivity index (χ4n) is 0.907. The van der Waals surface area contributed by atoms with Crippen molar-refractivity contribution >= 4 is 10.0 Å². The summed E-state index contributed by atoms with van der Waals surface area (Å²) in [5.74, 6) is -0.241. The van der Waals surface area contributed by atoms with Crippen molar-refractivity contribution in [1.82, 2.24) is 4.72 Å². The van der Waals surface area contributed by atoms with Gasteiger partial charge in [-0.25, -0.2) is 21.9 Å². The first-order chi connectivity index (χ1) is 6.92. The molecule has 2 N–H and O–H groups in total. The van der Waals surface area contributed by atoms with Crippen molar-refractivity contribution in [2.75, 3.05) is 6.54 Å². The Morgan fingerprint density at radius 1 is 1.40 bits per heavy atom. The number of halogens is 2. The van der Waals surface area contributed by atoms with Crippen LogP contribution < -0.4 is 4.72 Å². The topological polar surface area (TPSA) is 66.4 Å². The summed E-state index contributed by atoms with van der Waals surface area (Å²) in [6, 6.07) is 4.78.